The van der Waals surface area contributed by atoms with E-state index in [-0.39, 0.29) is 6.04 Å². The van der Waals surface area contributed by atoms with E-state index >= 15 is 0 Å². The minimum Gasteiger partial charge on any atom is -0.338 e. The van der Waals surface area contributed by atoms with Gasteiger partial charge in [0.05, 0.1) is 18.3 Å². The van der Waals surface area contributed by atoms with Gasteiger partial charge in [0.15, 0.2) is 5.82 Å². The van der Waals surface area contributed by atoms with Crippen LogP contribution in [0.15, 0.2) is 48.5 Å². The topological polar surface area (TPSA) is 49.2 Å². The molecular weight excluding hydrogens is 372 g/mol. The maximum atomic E-state index is 6.40. The van der Waals surface area contributed by atoms with Crippen molar-refractivity contribution in [3.63, 3.8) is 0 Å². The zero-order chi connectivity index (χ0) is 19.1. The third-order valence-electron chi connectivity index (χ3n) is 5.64. The molecule has 2 aliphatic heterocycles. The van der Waals surface area contributed by atoms with Crippen LogP contribution in [0.2, 0.25) is 5.02 Å². The van der Waals surface area contributed by atoms with E-state index < -0.39 is 0 Å². The zero-order valence-electron chi connectivity index (χ0n) is 15.8. The molecule has 1 atom stereocenters. The van der Waals surface area contributed by atoms with Gasteiger partial charge in [-0.15, -0.1) is 10.2 Å². The first kappa shape index (κ1) is 17.7. The predicted octanol–water partition coefficient (Wildman–Crippen LogP) is 2.87. The van der Waals surface area contributed by atoms with Gasteiger partial charge in [-0.25, -0.2) is 0 Å². The van der Waals surface area contributed by atoms with E-state index in [9.17, 15) is 0 Å². The van der Waals surface area contributed by atoms with Gasteiger partial charge >= 0.3 is 0 Å². The van der Waals surface area contributed by atoms with Crippen molar-refractivity contribution in [2.24, 2.45) is 0 Å². The second-order valence-corrected chi connectivity index (χ2v) is 7.91. The number of aromatic nitrogens is 3. The average molecular weight is 395 g/mol. The van der Waals surface area contributed by atoms with Gasteiger partial charge in [-0.1, -0.05) is 41.9 Å². The molecule has 3 aromatic rings. The summed E-state index contributed by atoms with van der Waals surface area (Å²) in [5, 5.41) is 13.5. The Morgan fingerprint density at radius 2 is 1.79 bits per heavy atom. The molecule has 7 heteroatoms. The van der Waals surface area contributed by atoms with Crippen molar-refractivity contribution in [1.29, 1.82) is 0 Å². The SMILES string of the molecule is CN1CCN(c2nnc3n2-c2ccc(Cl)cc2[C@@H](c2ccccc2)NC3)CC1. The molecule has 0 unspecified atom stereocenters. The summed E-state index contributed by atoms with van der Waals surface area (Å²) in [6.07, 6.45) is 0. The zero-order valence-corrected chi connectivity index (χ0v) is 16.6. The Balaban J connectivity index is 1.63. The fourth-order valence-corrected chi connectivity index (χ4v) is 4.27. The highest BCUT2D eigenvalue weighted by Gasteiger charge is 2.29. The molecule has 1 aromatic heterocycles. The Labute approximate surface area is 169 Å². The van der Waals surface area contributed by atoms with Gasteiger partial charge in [-0.05, 0) is 36.4 Å². The van der Waals surface area contributed by atoms with Gasteiger partial charge in [0.1, 0.15) is 0 Å². The Morgan fingerprint density at radius 1 is 1.00 bits per heavy atom. The second-order valence-electron chi connectivity index (χ2n) is 7.47. The number of anilines is 1. The lowest BCUT2D eigenvalue weighted by Gasteiger charge is -2.33. The van der Waals surface area contributed by atoms with E-state index in [0.717, 1.165) is 54.2 Å². The molecule has 2 aromatic carbocycles. The molecule has 2 aliphatic rings. The maximum Gasteiger partial charge on any atom is 0.232 e. The smallest absolute Gasteiger partial charge is 0.232 e. The van der Waals surface area contributed by atoms with Crippen molar-refractivity contribution in [3.05, 3.63) is 70.5 Å². The summed E-state index contributed by atoms with van der Waals surface area (Å²) in [5.74, 6) is 1.85. The van der Waals surface area contributed by atoms with E-state index in [1.807, 2.05) is 12.1 Å². The molecule has 0 radical (unpaired) electrons. The number of nitrogens with one attached hydrogen (secondary N) is 1. The van der Waals surface area contributed by atoms with Crippen LogP contribution in [0.5, 0.6) is 0 Å². The van der Waals surface area contributed by atoms with Gasteiger partial charge in [-0.3, -0.25) is 9.88 Å². The normalized spacial score (nSPS) is 19.8. The monoisotopic (exact) mass is 394 g/mol. The summed E-state index contributed by atoms with van der Waals surface area (Å²) >= 11 is 6.40. The predicted molar refractivity (Wildman–Crippen MR) is 111 cm³/mol. The molecule has 3 heterocycles. The van der Waals surface area contributed by atoms with Crippen LogP contribution >= 0.6 is 11.6 Å². The summed E-state index contributed by atoms with van der Waals surface area (Å²) in [6, 6.07) is 16.6. The molecule has 5 rings (SSSR count). The highest BCUT2D eigenvalue weighted by atomic mass is 35.5. The van der Waals surface area contributed by atoms with Crippen LogP contribution in [0, 0.1) is 0 Å². The van der Waals surface area contributed by atoms with Gasteiger partial charge in [0.25, 0.3) is 0 Å². The summed E-state index contributed by atoms with van der Waals surface area (Å²) in [5.41, 5.74) is 3.45. The van der Waals surface area contributed by atoms with Crippen LogP contribution in [0.1, 0.15) is 23.0 Å². The largest absolute Gasteiger partial charge is 0.338 e. The molecule has 1 N–H and O–H groups in total. The van der Waals surface area contributed by atoms with E-state index in [0.29, 0.717) is 6.54 Å². The van der Waals surface area contributed by atoms with Gasteiger partial charge in [-0.2, -0.15) is 0 Å². The standard InChI is InChI=1S/C21H23ClN6/c1-26-9-11-27(12-10-26)21-25-24-19-14-23-20(15-5-3-2-4-6-15)17-13-16(22)7-8-18(17)28(19)21/h2-8,13,20,23H,9-12,14H2,1H3/t20-/m1/s1. The molecule has 144 valence electrons. The van der Waals surface area contributed by atoms with Crippen LogP contribution in [-0.4, -0.2) is 52.9 Å². The van der Waals surface area contributed by atoms with Crippen molar-refractivity contribution >= 4 is 17.5 Å². The van der Waals surface area contributed by atoms with Gasteiger partial charge in [0.2, 0.25) is 5.95 Å². The number of halogens is 1. The van der Waals surface area contributed by atoms with Crippen molar-refractivity contribution in [1.82, 2.24) is 25.0 Å². The summed E-state index contributed by atoms with van der Waals surface area (Å²) in [6.45, 7) is 4.61. The minimum absolute atomic E-state index is 0.0527. The number of nitrogens with zero attached hydrogens (tertiary/aromatic N) is 5. The van der Waals surface area contributed by atoms with Crippen molar-refractivity contribution in [2.75, 3.05) is 38.1 Å². The molecule has 0 saturated carbocycles. The lowest BCUT2D eigenvalue weighted by atomic mass is 9.97. The Morgan fingerprint density at radius 3 is 2.57 bits per heavy atom. The lowest BCUT2D eigenvalue weighted by Crippen LogP contribution is -2.45. The molecule has 0 bridgehead atoms. The Kier molecular flexibility index (Phi) is 4.55. The summed E-state index contributed by atoms with van der Waals surface area (Å²) < 4.78 is 2.20. The molecule has 6 nitrogen and oxygen atoms in total. The minimum atomic E-state index is 0.0527. The third kappa shape index (κ3) is 3.07. The number of likely N-dealkylation sites (N-methyl/N-ethyl adjacent to an activating group) is 1. The van der Waals surface area contributed by atoms with E-state index in [1.54, 1.807) is 0 Å². The maximum absolute atomic E-state index is 6.40. The van der Waals surface area contributed by atoms with Crippen LogP contribution in [-0.2, 0) is 6.54 Å². The van der Waals surface area contributed by atoms with Crippen LogP contribution in [0.4, 0.5) is 5.95 Å². The number of hydrogen-bond donors (Lipinski definition) is 1. The summed E-state index contributed by atoms with van der Waals surface area (Å²) in [4.78, 5) is 4.68. The van der Waals surface area contributed by atoms with Gasteiger partial charge < -0.3 is 9.80 Å². The van der Waals surface area contributed by atoms with Gasteiger partial charge in [0, 0.05) is 31.2 Å². The Hall–Kier alpha value is -2.41. The number of rotatable bonds is 2. The van der Waals surface area contributed by atoms with Crippen molar-refractivity contribution < 1.29 is 0 Å². The fraction of sp³-hybridized carbons (Fsp3) is 0.333. The van der Waals surface area contributed by atoms with Crippen LogP contribution in [0.25, 0.3) is 5.69 Å². The molecule has 28 heavy (non-hydrogen) atoms. The molecule has 0 amide bonds. The molecule has 0 aliphatic carbocycles. The number of hydrogen-bond acceptors (Lipinski definition) is 5. The Bertz CT molecular complexity index is 978. The van der Waals surface area contributed by atoms with Crippen molar-refractivity contribution in [3.8, 4) is 5.69 Å². The van der Waals surface area contributed by atoms with E-state index in [4.69, 9.17) is 11.6 Å². The quantitative estimate of drug-likeness (QED) is 0.724. The van der Waals surface area contributed by atoms with E-state index in [2.05, 4.69) is 73.3 Å². The lowest BCUT2D eigenvalue weighted by molar-refractivity contribution is 0.310. The molecule has 1 fully saturated rings. The van der Waals surface area contributed by atoms with Crippen LogP contribution in [0.3, 0.4) is 0 Å². The third-order valence-corrected chi connectivity index (χ3v) is 5.87. The second kappa shape index (κ2) is 7.20. The highest BCUT2D eigenvalue weighted by Crippen LogP contribution is 2.35. The highest BCUT2D eigenvalue weighted by molar-refractivity contribution is 6.30. The molecular formula is C21H23ClN6. The fourth-order valence-electron chi connectivity index (χ4n) is 4.09. The van der Waals surface area contributed by atoms with Crippen LogP contribution < -0.4 is 10.2 Å². The number of fused-ring (bicyclic) bond motifs is 3. The first-order valence-electron chi connectivity index (χ1n) is 9.66. The molecule has 1 saturated heterocycles. The number of benzene rings is 2. The van der Waals surface area contributed by atoms with Crippen molar-refractivity contribution in [2.45, 2.75) is 12.6 Å². The first-order valence-corrected chi connectivity index (χ1v) is 10.0. The first-order chi connectivity index (χ1) is 13.7. The summed E-state index contributed by atoms with van der Waals surface area (Å²) in [7, 11) is 2.16. The number of piperazine rings is 1. The molecule has 0 spiro atoms. The van der Waals surface area contributed by atoms with E-state index in [1.165, 1.54) is 5.56 Å². The average Bonchev–Trinajstić information content (AvgIpc) is 3.06.